The molecule has 1 aliphatic rings. The van der Waals surface area contributed by atoms with Crippen LogP contribution in [-0.4, -0.2) is 21.5 Å². The van der Waals surface area contributed by atoms with Crippen molar-refractivity contribution in [3.8, 4) is 11.5 Å². The summed E-state index contributed by atoms with van der Waals surface area (Å²) < 4.78 is 12.7. The number of carbonyl (C=O) groups excluding carboxylic acids is 1. The van der Waals surface area contributed by atoms with Gasteiger partial charge in [0.15, 0.2) is 5.60 Å². The molecule has 4 aromatic rings. The minimum atomic E-state index is -0.968. The molecule has 2 aromatic heterocycles. The zero-order valence-electron chi connectivity index (χ0n) is 20.5. The molecule has 2 aromatic carbocycles. The van der Waals surface area contributed by atoms with Crippen molar-refractivity contribution in [1.29, 1.82) is 0 Å². The predicted molar refractivity (Wildman–Crippen MR) is 137 cm³/mol. The number of para-hydroxylation sites is 1. The highest BCUT2D eigenvalue weighted by molar-refractivity contribution is 5.97. The Bertz CT molecular complexity index is 1420. The van der Waals surface area contributed by atoms with Crippen molar-refractivity contribution in [3.05, 3.63) is 88.9 Å². The highest BCUT2D eigenvalue weighted by Gasteiger charge is 2.41. The molecule has 5 rings (SSSR count). The first-order valence-corrected chi connectivity index (χ1v) is 11.9. The number of amides is 1. The SMILES string of the molecule is Cc1c(C)c2c(c(C)c1OCc1ccc3ccccc3n1)CCC(C)(C(=O)Nc1cccnc1)O2. The number of rotatable bonds is 5. The minimum Gasteiger partial charge on any atom is -0.487 e. The van der Waals surface area contributed by atoms with Crippen molar-refractivity contribution >= 4 is 22.5 Å². The van der Waals surface area contributed by atoms with Gasteiger partial charge in [-0.05, 0) is 75.1 Å². The lowest BCUT2D eigenvalue weighted by atomic mass is 9.86. The van der Waals surface area contributed by atoms with Gasteiger partial charge in [0, 0.05) is 23.6 Å². The number of hydrogen-bond donors (Lipinski definition) is 1. The van der Waals surface area contributed by atoms with Crippen LogP contribution in [0.1, 0.15) is 41.3 Å². The van der Waals surface area contributed by atoms with E-state index >= 15 is 0 Å². The van der Waals surface area contributed by atoms with Crippen LogP contribution in [0.5, 0.6) is 11.5 Å². The molecule has 0 saturated heterocycles. The Labute approximate surface area is 205 Å². The first kappa shape index (κ1) is 22.8. The third kappa shape index (κ3) is 4.32. The molecule has 1 N–H and O–H groups in total. The Hall–Kier alpha value is -3.93. The van der Waals surface area contributed by atoms with Crippen molar-refractivity contribution in [3.63, 3.8) is 0 Å². The summed E-state index contributed by atoms with van der Waals surface area (Å²) in [4.78, 5) is 21.9. The summed E-state index contributed by atoms with van der Waals surface area (Å²) in [5, 5.41) is 4.05. The van der Waals surface area contributed by atoms with E-state index in [2.05, 4.69) is 29.4 Å². The maximum Gasteiger partial charge on any atom is 0.268 e. The fraction of sp³-hybridized carbons (Fsp3) is 0.276. The number of pyridine rings is 2. The molecule has 1 atom stereocenters. The molecule has 1 unspecified atom stereocenters. The van der Waals surface area contributed by atoms with Crippen LogP contribution in [0.2, 0.25) is 0 Å². The number of ether oxygens (including phenoxy) is 2. The van der Waals surface area contributed by atoms with Gasteiger partial charge in [0.25, 0.3) is 5.91 Å². The second-order valence-electron chi connectivity index (χ2n) is 9.32. The quantitative estimate of drug-likeness (QED) is 0.398. The Morgan fingerprint density at radius 3 is 2.69 bits per heavy atom. The van der Waals surface area contributed by atoms with E-state index in [1.807, 2.05) is 51.1 Å². The average molecular weight is 468 g/mol. The average Bonchev–Trinajstić information content (AvgIpc) is 2.88. The molecule has 1 aliphatic heterocycles. The van der Waals surface area contributed by atoms with Crippen LogP contribution < -0.4 is 14.8 Å². The van der Waals surface area contributed by atoms with Gasteiger partial charge in [-0.25, -0.2) is 4.98 Å². The number of nitrogens with one attached hydrogen (secondary N) is 1. The van der Waals surface area contributed by atoms with E-state index in [0.29, 0.717) is 18.7 Å². The molecule has 35 heavy (non-hydrogen) atoms. The maximum absolute atomic E-state index is 13.1. The Morgan fingerprint density at radius 2 is 1.89 bits per heavy atom. The third-order valence-corrected chi connectivity index (χ3v) is 6.91. The topological polar surface area (TPSA) is 73.3 Å². The standard InChI is InChI=1S/C29H29N3O3/c1-18-19(2)27-24(13-14-29(4,35-27)28(33)32-22-9-7-15-30-16-22)20(3)26(18)34-17-23-12-11-21-8-5-6-10-25(21)31-23/h5-12,15-16H,13-14,17H2,1-4H3,(H,32,33). The Balaban J connectivity index is 1.38. The van der Waals surface area contributed by atoms with Gasteiger partial charge >= 0.3 is 0 Å². The second-order valence-corrected chi connectivity index (χ2v) is 9.32. The zero-order chi connectivity index (χ0) is 24.6. The van der Waals surface area contributed by atoms with Gasteiger partial charge in [0.2, 0.25) is 0 Å². The van der Waals surface area contributed by atoms with Crippen LogP contribution in [0.15, 0.2) is 60.9 Å². The van der Waals surface area contributed by atoms with Crippen LogP contribution >= 0.6 is 0 Å². The van der Waals surface area contributed by atoms with E-state index in [-0.39, 0.29) is 5.91 Å². The van der Waals surface area contributed by atoms with Crippen LogP contribution in [0.3, 0.4) is 0 Å². The number of nitrogens with zero attached hydrogens (tertiary/aromatic N) is 2. The molecule has 6 nitrogen and oxygen atoms in total. The predicted octanol–water partition coefficient (Wildman–Crippen LogP) is 5.86. The highest BCUT2D eigenvalue weighted by Crippen LogP contribution is 2.44. The lowest BCUT2D eigenvalue weighted by Gasteiger charge is -2.37. The molecule has 0 fully saturated rings. The van der Waals surface area contributed by atoms with E-state index in [9.17, 15) is 4.79 Å². The van der Waals surface area contributed by atoms with Crippen LogP contribution in [0, 0.1) is 20.8 Å². The summed E-state index contributed by atoms with van der Waals surface area (Å²) in [6, 6.07) is 15.8. The molecular weight excluding hydrogens is 438 g/mol. The second kappa shape index (κ2) is 9.02. The van der Waals surface area contributed by atoms with Gasteiger partial charge in [-0.3, -0.25) is 9.78 Å². The first-order valence-electron chi connectivity index (χ1n) is 11.9. The number of benzene rings is 2. The van der Waals surface area contributed by atoms with Crippen LogP contribution in [0.4, 0.5) is 5.69 Å². The van der Waals surface area contributed by atoms with Gasteiger partial charge in [-0.1, -0.05) is 24.3 Å². The largest absolute Gasteiger partial charge is 0.487 e. The fourth-order valence-electron chi connectivity index (χ4n) is 4.65. The summed E-state index contributed by atoms with van der Waals surface area (Å²) in [5.41, 5.74) is 5.69. The van der Waals surface area contributed by atoms with Crippen molar-refractivity contribution in [1.82, 2.24) is 9.97 Å². The van der Waals surface area contributed by atoms with Gasteiger partial charge in [-0.2, -0.15) is 0 Å². The van der Waals surface area contributed by atoms with E-state index in [1.54, 1.807) is 18.5 Å². The lowest BCUT2D eigenvalue weighted by Crippen LogP contribution is -2.48. The van der Waals surface area contributed by atoms with E-state index in [1.165, 1.54) is 0 Å². The number of carbonyl (C=O) groups is 1. The van der Waals surface area contributed by atoms with E-state index in [0.717, 1.165) is 56.8 Å². The normalized spacial score (nSPS) is 16.9. The summed E-state index contributed by atoms with van der Waals surface area (Å²) in [5.74, 6) is 1.48. The number of anilines is 1. The molecule has 0 saturated carbocycles. The van der Waals surface area contributed by atoms with Gasteiger partial charge in [-0.15, -0.1) is 0 Å². The Kier molecular flexibility index (Phi) is 5.89. The maximum atomic E-state index is 13.1. The fourth-order valence-corrected chi connectivity index (χ4v) is 4.65. The molecule has 178 valence electrons. The smallest absolute Gasteiger partial charge is 0.268 e. The van der Waals surface area contributed by atoms with E-state index < -0.39 is 5.60 Å². The van der Waals surface area contributed by atoms with Crippen molar-refractivity contribution in [2.75, 3.05) is 5.32 Å². The lowest BCUT2D eigenvalue weighted by molar-refractivity contribution is -0.131. The summed E-state index contributed by atoms with van der Waals surface area (Å²) >= 11 is 0. The molecule has 0 bridgehead atoms. The molecule has 0 aliphatic carbocycles. The highest BCUT2D eigenvalue weighted by atomic mass is 16.5. The molecule has 3 heterocycles. The molecule has 1 amide bonds. The van der Waals surface area contributed by atoms with Gasteiger partial charge in [0.05, 0.1) is 23.1 Å². The number of fused-ring (bicyclic) bond motifs is 2. The van der Waals surface area contributed by atoms with Crippen molar-refractivity contribution < 1.29 is 14.3 Å². The molecule has 6 heteroatoms. The van der Waals surface area contributed by atoms with Gasteiger partial charge < -0.3 is 14.8 Å². The monoisotopic (exact) mass is 467 g/mol. The minimum absolute atomic E-state index is 0.173. The molecule has 0 spiro atoms. The third-order valence-electron chi connectivity index (χ3n) is 6.91. The summed E-state index contributed by atoms with van der Waals surface area (Å²) in [6.07, 6.45) is 4.60. The summed E-state index contributed by atoms with van der Waals surface area (Å²) in [6.45, 7) is 8.37. The Morgan fingerprint density at radius 1 is 1.06 bits per heavy atom. The van der Waals surface area contributed by atoms with Crippen LogP contribution in [0.25, 0.3) is 10.9 Å². The summed E-state index contributed by atoms with van der Waals surface area (Å²) in [7, 11) is 0. The molecular formula is C29H29N3O3. The van der Waals surface area contributed by atoms with Gasteiger partial charge in [0.1, 0.15) is 18.1 Å². The van der Waals surface area contributed by atoms with Crippen molar-refractivity contribution in [2.45, 2.75) is 52.7 Å². The zero-order valence-corrected chi connectivity index (χ0v) is 20.5. The van der Waals surface area contributed by atoms with Crippen LogP contribution in [-0.2, 0) is 17.8 Å². The van der Waals surface area contributed by atoms with Crippen molar-refractivity contribution in [2.24, 2.45) is 0 Å². The van der Waals surface area contributed by atoms with E-state index in [4.69, 9.17) is 14.5 Å². The molecule has 0 radical (unpaired) electrons. The number of hydrogen-bond acceptors (Lipinski definition) is 5. The number of aromatic nitrogens is 2. The first-order chi connectivity index (χ1) is 16.9.